The number of carbonyl (C=O) groups is 2. The molecule has 10 heteroatoms. The Kier molecular flexibility index (Phi) is 7.63. The quantitative estimate of drug-likeness (QED) is 0.509. The first-order valence-electron chi connectivity index (χ1n) is 6.43. The van der Waals surface area contributed by atoms with Crippen LogP contribution >= 0.6 is 23.4 Å². The molecule has 0 saturated heterocycles. The summed E-state index contributed by atoms with van der Waals surface area (Å²) >= 11 is 7.30. The number of carboxylic acid groups (broad SMARTS) is 1. The van der Waals surface area contributed by atoms with E-state index in [4.69, 9.17) is 21.4 Å². The Labute approximate surface area is 141 Å². The van der Waals surface area contributed by atoms with Crippen molar-refractivity contribution in [2.24, 2.45) is 0 Å². The predicted octanol–water partition coefficient (Wildman–Crippen LogP) is 1.95. The van der Waals surface area contributed by atoms with Crippen molar-refractivity contribution in [1.29, 1.82) is 0 Å². The molecule has 0 aliphatic carbocycles. The Morgan fingerprint density at radius 2 is 2.22 bits per heavy atom. The molecule has 23 heavy (non-hydrogen) atoms. The van der Waals surface area contributed by atoms with Crippen LogP contribution in [-0.2, 0) is 9.59 Å². The summed E-state index contributed by atoms with van der Waals surface area (Å²) in [5.41, 5.74) is -0.199. The minimum atomic E-state index is -1.12. The lowest BCUT2D eigenvalue weighted by Crippen LogP contribution is -2.43. The van der Waals surface area contributed by atoms with Gasteiger partial charge in [-0.15, -0.1) is 0 Å². The molecular formula is C13H15ClN2O6S. The number of amides is 1. The highest BCUT2D eigenvalue weighted by Crippen LogP contribution is 2.28. The zero-order chi connectivity index (χ0) is 17.4. The number of nitro benzene ring substituents is 1. The van der Waals surface area contributed by atoms with Gasteiger partial charge in [0.2, 0.25) is 0 Å². The van der Waals surface area contributed by atoms with Gasteiger partial charge in [0.05, 0.1) is 9.95 Å². The zero-order valence-corrected chi connectivity index (χ0v) is 13.7. The number of hydrogen-bond donors (Lipinski definition) is 2. The van der Waals surface area contributed by atoms with Crippen molar-refractivity contribution >= 4 is 40.9 Å². The highest BCUT2D eigenvalue weighted by molar-refractivity contribution is 7.98. The van der Waals surface area contributed by atoms with Crippen LogP contribution in [-0.4, -0.2) is 46.6 Å². The first-order valence-corrected chi connectivity index (χ1v) is 8.20. The Morgan fingerprint density at radius 3 is 2.74 bits per heavy atom. The average Bonchev–Trinajstić information content (AvgIpc) is 2.49. The second kappa shape index (κ2) is 9.21. The molecule has 0 heterocycles. The van der Waals surface area contributed by atoms with Crippen molar-refractivity contribution in [1.82, 2.24) is 5.32 Å². The van der Waals surface area contributed by atoms with Gasteiger partial charge < -0.3 is 15.2 Å². The average molecular weight is 363 g/mol. The number of thioether (sulfide) groups is 1. The standard InChI is InChI=1S/C13H15ClN2O6S/c1-23-5-4-10(13(18)19)15-12(17)7-22-11-3-2-8(16(20)21)6-9(11)14/h2-3,6,10H,4-5,7H2,1H3,(H,15,17)(H,18,19)/t10-/m1/s1. The molecule has 0 aromatic heterocycles. The molecular weight excluding hydrogens is 348 g/mol. The van der Waals surface area contributed by atoms with E-state index in [1.54, 1.807) is 0 Å². The van der Waals surface area contributed by atoms with E-state index in [0.717, 1.165) is 6.07 Å². The van der Waals surface area contributed by atoms with Crippen LogP contribution in [0.25, 0.3) is 0 Å². The molecule has 0 saturated carbocycles. The lowest BCUT2D eigenvalue weighted by atomic mass is 10.2. The van der Waals surface area contributed by atoms with Crippen LogP contribution in [0.5, 0.6) is 5.75 Å². The predicted molar refractivity (Wildman–Crippen MR) is 86.2 cm³/mol. The number of halogens is 1. The molecule has 0 aliphatic rings. The van der Waals surface area contributed by atoms with Crippen molar-refractivity contribution in [2.45, 2.75) is 12.5 Å². The van der Waals surface area contributed by atoms with Gasteiger partial charge in [-0.25, -0.2) is 4.79 Å². The first-order chi connectivity index (χ1) is 10.8. The molecule has 0 radical (unpaired) electrons. The van der Waals surface area contributed by atoms with E-state index in [0.29, 0.717) is 12.2 Å². The summed E-state index contributed by atoms with van der Waals surface area (Å²) in [6.07, 6.45) is 2.13. The van der Waals surface area contributed by atoms with Crippen LogP contribution in [0.15, 0.2) is 18.2 Å². The van der Waals surface area contributed by atoms with Crippen molar-refractivity contribution in [3.63, 3.8) is 0 Å². The van der Waals surface area contributed by atoms with Crippen LogP contribution in [0, 0.1) is 10.1 Å². The normalized spacial score (nSPS) is 11.6. The van der Waals surface area contributed by atoms with Crippen LogP contribution in [0.4, 0.5) is 5.69 Å². The lowest BCUT2D eigenvalue weighted by molar-refractivity contribution is -0.384. The van der Waals surface area contributed by atoms with E-state index in [9.17, 15) is 19.7 Å². The van der Waals surface area contributed by atoms with E-state index in [2.05, 4.69) is 5.32 Å². The monoisotopic (exact) mass is 362 g/mol. The highest BCUT2D eigenvalue weighted by Gasteiger charge is 2.20. The number of carboxylic acids is 1. The van der Waals surface area contributed by atoms with Gasteiger partial charge in [0.25, 0.3) is 11.6 Å². The molecule has 1 aromatic carbocycles. The van der Waals surface area contributed by atoms with Gasteiger partial charge in [-0.05, 0) is 24.5 Å². The summed E-state index contributed by atoms with van der Waals surface area (Å²) in [6.45, 7) is -0.444. The van der Waals surface area contributed by atoms with Gasteiger partial charge in [0, 0.05) is 12.1 Å². The largest absolute Gasteiger partial charge is 0.482 e. The van der Waals surface area contributed by atoms with Gasteiger partial charge in [-0.3, -0.25) is 14.9 Å². The van der Waals surface area contributed by atoms with Crippen LogP contribution in [0.3, 0.4) is 0 Å². The molecule has 0 fully saturated rings. The van der Waals surface area contributed by atoms with Crippen molar-refractivity contribution in [3.05, 3.63) is 33.3 Å². The molecule has 1 aromatic rings. The number of ether oxygens (including phenoxy) is 1. The van der Waals surface area contributed by atoms with Gasteiger partial charge in [-0.1, -0.05) is 11.6 Å². The maximum atomic E-state index is 11.7. The molecule has 1 amide bonds. The summed E-state index contributed by atoms with van der Waals surface area (Å²) in [4.78, 5) is 32.7. The molecule has 1 rings (SSSR count). The Hall–Kier alpha value is -2.00. The van der Waals surface area contributed by atoms with E-state index in [-0.39, 0.29) is 16.5 Å². The van der Waals surface area contributed by atoms with Gasteiger partial charge in [-0.2, -0.15) is 11.8 Å². The number of benzene rings is 1. The van der Waals surface area contributed by atoms with Crippen LogP contribution in [0.1, 0.15) is 6.42 Å². The zero-order valence-electron chi connectivity index (χ0n) is 12.2. The molecule has 1 atom stereocenters. The van der Waals surface area contributed by atoms with Gasteiger partial charge in [0.1, 0.15) is 11.8 Å². The Bertz CT molecular complexity index is 598. The third-order valence-electron chi connectivity index (χ3n) is 2.73. The summed E-state index contributed by atoms with van der Waals surface area (Å²) < 4.78 is 5.15. The van der Waals surface area contributed by atoms with Crippen LogP contribution in [0.2, 0.25) is 5.02 Å². The SMILES string of the molecule is CSCC[C@@H](NC(=O)COc1ccc([N+](=O)[O-])cc1Cl)C(=O)O. The second-order valence-electron chi connectivity index (χ2n) is 4.40. The number of nitrogens with one attached hydrogen (secondary N) is 1. The minimum Gasteiger partial charge on any atom is -0.482 e. The highest BCUT2D eigenvalue weighted by atomic mass is 35.5. The molecule has 8 nitrogen and oxygen atoms in total. The van der Waals surface area contributed by atoms with Crippen molar-refractivity contribution in [3.8, 4) is 5.75 Å². The van der Waals surface area contributed by atoms with Gasteiger partial charge in [0.15, 0.2) is 6.61 Å². The number of rotatable bonds is 9. The maximum absolute atomic E-state index is 11.7. The fourth-order valence-electron chi connectivity index (χ4n) is 1.59. The summed E-state index contributed by atoms with van der Waals surface area (Å²) in [7, 11) is 0. The van der Waals surface area contributed by atoms with E-state index < -0.39 is 29.4 Å². The smallest absolute Gasteiger partial charge is 0.326 e. The van der Waals surface area contributed by atoms with Crippen LogP contribution < -0.4 is 10.1 Å². The number of carbonyl (C=O) groups excluding carboxylic acids is 1. The second-order valence-corrected chi connectivity index (χ2v) is 5.79. The number of non-ortho nitro benzene ring substituents is 1. The fraction of sp³-hybridized carbons (Fsp3) is 0.385. The number of hydrogen-bond acceptors (Lipinski definition) is 6. The first kappa shape index (κ1) is 19.0. The fourth-order valence-corrected chi connectivity index (χ4v) is 2.29. The van der Waals surface area contributed by atoms with E-state index >= 15 is 0 Å². The maximum Gasteiger partial charge on any atom is 0.326 e. The summed E-state index contributed by atoms with van der Waals surface area (Å²) in [6, 6.07) is 2.58. The number of aliphatic carboxylic acids is 1. The summed E-state index contributed by atoms with van der Waals surface area (Å²) in [5, 5.41) is 21.9. The Morgan fingerprint density at radius 1 is 1.52 bits per heavy atom. The van der Waals surface area contributed by atoms with Gasteiger partial charge >= 0.3 is 5.97 Å². The molecule has 2 N–H and O–H groups in total. The Balaban J connectivity index is 2.58. The van der Waals surface area contributed by atoms with Crippen molar-refractivity contribution in [2.75, 3.05) is 18.6 Å². The third kappa shape index (κ3) is 6.33. The topological polar surface area (TPSA) is 119 Å². The molecule has 126 valence electrons. The molecule has 0 unspecified atom stereocenters. The molecule has 0 spiro atoms. The molecule has 0 bridgehead atoms. The number of nitro groups is 1. The minimum absolute atomic E-state index is 0.0100. The molecule has 0 aliphatic heterocycles. The lowest BCUT2D eigenvalue weighted by Gasteiger charge is -2.14. The number of nitrogens with zero attached hydrogens (tertiary/aromatic N) is 1. The van der Waals surface area contributed by atoms with Crippen molar-refractivity contribution < 1.29 is 24.4 Å². The summed E-state index contributed by atoms with van der Waals surface area (Å²) in [5.74, 6) is -1.05. The van der Waals surface area contributed by atoms with E-state index in [1.807, 2.05) is 6.26 Å². The third-order valence-corrected chi connectivity index (χ3v) is 3.67. The van der Waals surface area contributed by atoms with E-state index in [1.165, 1.54) is 23.9 Å².